The maximum atomic E-state index is 12.4. The average Bonchev–Trinajstić information content (AvgIpc) is 2.70. The number of hydrogen-bond acceptors (Lipinski definition) is 4. The van der Waals surface area contributed by atoms with Crippen LogP contribution in [0.5, 0.6) is 0 Å². The minimum atomic E-state index is -0.288. The molecule has 3 rings (SSSR count). The summed E-state index contributed by atoms with van der Waals surface area (Å²) >= 11 is 7.53. The lowest BCUT2D eigenvalue weighted by Crippen LogP contribution is -2.35. The third-order valence-corrected chi connectivity index (χ3v) is 6.57. The zero-order chi connectivity index (χ0) is 20.1. The maximum absolute atomic E-state index is 12.4. The van der Waals surface area contributed by atoms with Crippen molar-refractivity contribution < 1.29 is 4.79 Å². The molecule has 0 bridgehead atoms. The van der Waals surface area contributed by atoms with Crippen molar-refractivity contribution in [1.29, 1.82) is 0 Å². The molecule has 150 valence electrons. The quantitative estimate of drug-likeness (QED) is 0.706. The molecule has 7 heteroatoms. The van der Waals surface area contributed by atoms with Crippen molar-refractivity contribution in [2.45, 2.75) is 56.2 Å². The highest BCUT2D eigenvalue weighted by Gasteiger charge is 2.19. The van der Waals surface area contributed by atoms with Gasteiger partial charge in [0.05, 0.1) is 10.9 Å². The van der Waals surface area contributed by atoms with Crippen LogP contribution in [0.15, 0.2) is 40.2 Å². The van der Waals surface area contributed by atoms with E-state index >= 15 is 0 Å². The smallest absolute Gasteiger partial charge is 0.271 e. The van der Waals surface area contributed by atoms with Crippen LogP contribution in [-0.4, -0.2) is 27.5 Å². The number of aryl methyl sites for hydroxylation is 1. The number of nitrogens with one attached hydrogen (secondary N) is 1. The number of carbonyl (C=O) groups is 1. The van der Waals surface area contributed by atoms with Gasteiger partial charge >= 0.3 is 0 Å². The molecule has 1 saturated carbocycles. The first-order valence-corrected chi connectivity index (χ1v) is 11.0. The summed E-state index contributed by atoms with van der Waals surface area (Å²) in [5.41, 5.74) is 1.31. The average molecular weight is 420 g/mol. The van der Waals surface area contributed by atoms with E-state index in [1.54, 1.807) is 12.1 Å². The van der Waals surface area contributed by atoms with Crippen LogP contribution >= 0.6 is 23.4 Å². The number of thioether (sulfide) groups is 1. The van der Waals surface area contributed by atoms with Gasteiger partial charge in [0.2, 0.25) is 5.91 Å². The molecule has 0 aliphatic heterocycles. The van der Waals surface area contributed by atoms with E-state index in [4.69, 9.17) is 11.6 Å². The van der Waals surface area contributed by atoms with Crippen LogP contribution in [0.4, 0.5) is 0 Å². The molecular formula is C21H26ClN3O2S. The van der Waals surface area contributed by atoms with Gasteiger partial charge in [0.15, 0.2) is 0 Å². The van der Waals surface area contributed by atoms with Gasteiger partial charge in [-0.2, -0.15) is 9.78 Å². The zero-order valence-corrected chi connectivity index (χ0v) is 17.9. The topological polar surface area (TPSA) is 64.0 Å². The lowest BCUT2D eigenvalue weighted by Gasteiger charge is -2.22. The summed E-state index contributed by atoms with van der Waals surface area (Å²) in [6.07, 6.45) is 6.24. The second kappa shape index (κ2) is 9.61. The molecule has 1 N–H and O–H groups in total. The van der Waals surface area contributed by atoms with Gasteiger partial charge in [-0.05, 0) is 56.4 Å². The Morgan fingerprint density at radius 1 is 1.29 bits per heavy atom. The van der Waals surface area contributed by atoms with Crippen LogP contribution in [0, 0.1) is 12.8 Å². The van der Waals surface area contributed by atoms with Crippen molar-refractivity contribution in [3.05, 3.63) is 51.3 Å². The van der Waals surface area contributed by atoms with Crippen LogP contribution in [0.25, 0.3) is 5.69 Å². The predicted molar refractivity (Wildman–Crippen MR) is 114 cm³/mol. The lowest BCUT2D eigenvalue weighted by molar-refractivity contribution is -0.120. The molecule has 0 unspecified atom stereocenters. The Labute approximate surface area is 174 Å². The van der Waals surface area contributed by atoms with Crippen molar-refractivity contribution in [3.8, 4) is 5.69 Å². The summed E-state index contributed by atoms with van der Waals surface area (Å²) in [4.78, 5) is 24.7. The van der Waals surface area contributed by atoms with Gasteiger partial charge < -0.3 is 5.32 Å². The molecule has 5 nitrogen and oxygen atoms in total. The zero-order valence-electron chi connectivity index (χ0n) is 16.3. The van der Waals surface area contributed by atoms with E-state index in [0.717, 1.165) is 12.1 Å². The van der Waals surface area contributed by atoms with E-state index < -0.39 is 0 Å². The normalized spacial score (nSPS) is 16.0. The molecule has 1 aliphatic rings. The van der Waals surface area contributed by atoms with Crippen LogP contribution in [0.1, 0.15) is 44.6 Å². The SMILES string of the molecule is Cc1ccc(-n2nc(S[C@H](C)C(=O)NCC3CCCCC3)ccc2=O)cc1Cl. The molecule has 0 spiro atoms. The van der Waals surface area contributed by atoms with Crippen molar-refractivity contribution in [2.75, 3.05) is 6.54 Å². The van der Waals surface area contributed by atoms with Gasteiger partial charge in [0, 0.05) is 17.6 Å². The molecule has 0 radical (unpaired) electrons. The molecule has 1 aromatic carbocycles. The summed E-state index contributed by atoms with van der Waals surface area (Å²) in [6, 6.07) is 8.51. The number of benzene rings is 1. The summed E-state index contributed by atoms with van der Waals surface area (Å²) in [5.74, 6) is 0.606. The highest BCUT2D eigenvalue weighted by atomic mass is 35.5. The van der Waals surface area contributed by atoms with Crippen LogP contribution in [0.2, 0.25) is 5.02 Å². The third kappa shape index (κ3) is 5.39. The second-order valence-electron chi connectivity index (χ2n) is 7.36. The van der Waals surface area contributed by atoms with Gasteiger partial charge in [0.25, 0.3) is 5.56 Å². The minimum Gasteiger partial charge on any atom is -0.355 e. The van der Waals surface area contributed by atoms with Crippen LogP contribution in [-0.2, 0) is 4.79 Å². The number of rotatable bonds is 6. The minimum absolute atomic E-state index is 0.00787. The fourth-order valence-corrected chi connectivity index (χ4v) is 4.37. The highest BCUT2D eigenvalue weighted by molar-refractivity contribution is 8.00. The maximum Gasteiger partial charge on any atom is 0.271 e. The van der Waals surface area contributed by atoms with E-state index in [1.165, 1.54) is 54.6 Å². The first kappa shape index (κ1) is 20.9. The molecule has 1 heterocycles. The molecule has 1 amide bonds. The van der Waals surface area contributed by atoms with E-state index in [2.05, 4.69) is 10.4 Å². The number of aromatic nitrogens is 2. The molecule has 1 aliphatic carbocycles. The number of carbonyl (C=O) groups excluding carboxylic acids is 1. The van der Waals surface area contributed by atoms with Crippen LogP contribution < -0.4 is 10.9 Å². The Kier molecular flexibility index (Phi) is 7.18. The second-order valence-corrected chi connectivity index (χ2v) is 9.13. The van der Waals surface area contributed by atoms with Crippen molar-refractivity contribution >= 4 is 29.3 Å². The Bertz CT molecular complexity index is 893. The van der Waals surface area contributed by atoms with E-state index in [1.807, 2.05) is 26.0 Å². The Hall–Kier alpha value is -1.79. The lowest BCUT2D eigenvalue weighted by atomic mass is 9.89. The molecule has 1 fully saturated rings. The van der Waals surface area contributed by atoms with Crippen molar-refractivity contribution in [3.63, 3.8) is 0 Å². The summed E-state index contributed by atoms with van der Waals surface area (Å²) in [6.45, 7) is 4.52. The molecule has 1 aromatic heterocycles. The first-order chi connectivity index (χ1) is 13.4. The molecule has 1 atom stereocenters. The molecule has 0 saturated heterocycles. The molecule has 28 heavy (non-hydrogen) atoms. The molecular weight excluding hydrogens is 394 g/mol. The number of nitrogens with zero attached hydrogens (tertiary/aromatic N) is 2. The number of hydrogen-bond donors (Lipinski definition) is 1. The molecule has 2 aromatic rings. The van der Waals surface area contributed by atoms with Crippen molar-refractivity contribution in [2.24, 2.45) is 5.92 Å². The largest absolute Gasteiger partial charge is 0.355 e. The monoisotopic (exact) mass is 419 g/mol. The fourth-order valence-electron chi connectivity index (χ4n) is 3.37. The van der Waals surface area contributed by atoms with Gasteiger partial charge in [0.1, 0.15) is 5.03 Å². The van der Waals surface area contributed by atoms with E-state index in [9.17, 15) is 9.59 Å². The standard InChI is InChI=1S/C21H26ClN3O2S/c1-14-8-9-17(12-18(14)22)25-20(26)11-10-19(24-25)28-15(2)21(27)23-13-16-6-4-3-5-7-16/h8-12,15-16H,3-7,13H2,1-2H3,(H,23,27)/t15-/m1/s1. The van der Waals surface area contributed by atoms with Gasteiger partial charge in [-0.3, -0.25) is 9.59 Å². The number of amides is 1. The van der Waals surface area contributed by atoms with Gasteiger partial charge in [-0.1, -0.05) is 48.7 Å². The Balaban J connectivity index is 1.65. The van der Waals surface area contributed by atoms with Gasteiger partial charge in [-0.15, -0.1) is 0 Å². The highest BCUT2D eigenvalue weighted by Crippen LogP contribution is 2.24. The predicted octanol–water partition coefficient (Wildman–Crippen LogP) is 4.37. The van der Waals surface area contributed by atoms with E-state index in [0.29, 0.717) is 21.7 Å². The van der Waals surface area contributed by atoms with Crippen molar-refractivity contribution in [1.82, 2.24) is 15.1 Å². The number of halogens is 1. The van der Waals surface area contributed by atoms with E-state index in [-0.39, 0.29) is 16.7 Å². The fraction of sp³-hybridized carbons (Fsp3) is 0.476. The van der Waals surface area contributed by atoms with Crippen LogP contribution in [0.3, 0.4) is 0 Å². The first-order valence-electron chi connectivity index (χ1n) is 9.75. The third-order valence-electron chi connectivity index (χ3n) is 5.13. The summed E-state index contributed by atoms with van der Waals surface area (Å²) in [7, 11) is 0. The summed E-state index contributed by atoms with van der Waals surface area (Å²) in [5, 5.41) is 8.40. The Morgan fingerprint density at radius 2 is 2.04 bits per heavy atom. The summed E-state index contributed by atoms with van der Waals surface area (Å²) < 4.78 is 1.32. The Morgan fingerprint density at radius 3 is 2.75 bits per heavy atom. The van der Waals surface area contributed by atoms with Gasteiger partial charge in [-0.25, -0.2) is 0 Å².